The van der Waals surface area contributed by atoms with Gasteiger partial charge in [0.25, 0.3) is 0 Å². The molecule has 1 aliphatic carbocycles. The monoisotopic (exact) mass is 231 g/mol. The largest absolute Gasteiger partial charge is 0.330 e. The molecule has 94 valence electrons. The maximum Gasteiger partial charge on any atom is -0.000556 e. The van der Waals surface area contributed by atoms with Gasteiger partial charge in [-0.05, 0) is 47.8 Å². The molecule has 0 bridgehead atoms. The SMILES string of the molecule is CC(C)(C)c1ccc(C(CN)C2CCC2)cc1. The van der Waals surface area contributed by atoms with Crippen molar-refractivity contribution in [3.63, 3.8) is 0 Å². The van der Waals surface area contributed by atoms with Gasteiger partial charge in [-0.3, -0.25) is 0 Å². The summed E-state index contributed by atoms with van der Waals surface area (Å²) < 4.78 is 0. The Morgan fingerprint density at radius 3 is 2.12 bits per heavy atom. The van der Waals surface area contributed by atoms with Gasteiger partial charge in [0, 0.05) is 0 Å². The van der Waals surface area contributed by atoms with Crippen molar-refractivity contribution in [2.45, 2.75) is 51.4 Å². The summed E-state index contributed by atoms with van der Waals surface area (Å²) in [5, 5.41) is 0. The highest BCUT2D eigenvalue weighted by Gasteiger charge is 2.27. The predicted molar refractivity (Wildman–Crippen MR) is 74.3 cm³/mol. The molecule has 0 spiro atoms. The van der Waals surface area contributed by atoms with Gasteiger partial charge in [0.2, 0.25) is 0 Å². The molecular weight excluding hydrogens is 206 g/mol. The maximum atomic E-state index is 5.94. The van der Waals surface area contributed by atoms with Gasteiger partial charge in [0.1, 0.15) is 0 Å². The summed E-state index contributed by atoms with van der Waals surface area (Å²) in [6, 6.07) is 9.13. The first-order valence-electron chi connectivity index (χ1n) is 6.83. The molecule has 0 aromatic heterocycles. The molecule has 17 heavy (non-hydrogen) atoms. The second-order valence-electron chi connectivity index (χ2n) is 6.41. The van der Waals surface area contributed by atoms with Crippen LogP contribution in [0.25, 0.3) is 0 Å². The van der Waals surface area contributed by atoms with E-state index in [1.165, 1.54) is 30.4 Å². The van der Waals surface area contributed by atoms with Gasteiger partial charge >= 0.3 is 0 Å². The topological polar surface area (TPSA) is 26.0 Å². The first-order chi connectivity index (χ1) is 8.02. The Balaban J connectivity index is 2.16. The normalized spacial score (nSPS) is 18.8. The maximum absolute atomic E-state index is 5.94. The van der Waals surface area contributed by atoms with E-state index in [9.17, 15) is 0 Å². The van der Waals surface area contributed by atoms with Gasteiger partial charge in [0.15, 0.2) is 0 Å². The fourth-order valence-corrected chi connectivity index (χ4v) is 2.67. The molecule has 0 aliphatic heterocycles. The van der Waals surface area contributed by atoms with Crippen molar-refractivity contribution in [3.8, 4) is 0 Å². The van der Waals surface area contributed by atoms with Gasteiger partial charge in [-0.25, -0.2) is 0 Å². The lowest BCUT2D eigenvalue weighted by atomic mass is 9.72. The number of nitrogens with two attached hydrogens (primary N) is 1. The molecule has 1 nitrogen and oxygen atoms in total. The summed E-state index contributed by atoms with van der Waals surface area (Å²) in [6.07, 6.45) is 4.12. The second-order valence-corrected chi connectivity index (χ2v) is 6.41. The van der Waals surface area contributed by atoms with E-state index < -0.39 is 0 Å². The summed E-state index contributed by atoms with van der Waals surface area (Å²) in [5.41, 5.74) is 9.03. The van der Waals surface area contributed by atoms with E-state index in [-0.39, 0.29) is 5.41 Å². The molecule has 0 saturated heterocycles. The van der Waals surface area contributed by atoms with E-state index in [4.69, 9.17) is 5.73 Å². The average Bonchev–Trinajstić information content (AvgIpc) is 2.22. The standard InChI is InChI=1S/C16H25N/c1-16(2,3)14-9-7-13(8-10-14)15(11-17)12-5-4-6-12/h7-10,12,15H,4-6,11,17H2,1-3H3. The van der Waals surface area contributed by atoms with Crippen molar-refractivity contribution >= 4 is 0 Å². The molecule has 0 radical (unpaired) electrons. The molecule has 1 aromatic rings. The minimum atomic E-state index is 0.243. The molecule has 2 N–H and O–H groups in total. The smallest absolute Gasteiger partial charge is 0.000556 e. The summed E-state index contributed by atoms with van der Waals surface area (Å²) >= 11 is 0. The number of hydrogen-bond acceptors (Lipinski definition) is 1. The van der Waals surface area contributed by atoms with E-state index in [0.717, 1.165) is 12.5 Å². The molecule has 1 unspecified atom stereocenters. The lowest BCUT2D eigenvalue weighted by Gasteiger charge is -2.33. The van der Waals surface area contributed by atoms with Crippen LogP contribution >= 0.6 is 0 Å². The molecule has 1 fully saturated rings. The number of benzene rings is 1. The van der Waals surface area contributed by atoms with Crippen molar-refractivity contribution in [1.29, 1.82) is 0 Å². The summed E-state index contributed by atoms with van der Waals surface area (Å²) in [6.45, 7) is 7.57. The fourth-order valence-electron chi connectivity index (χ4n) is 2.67. The van der Waals surface area contributed by atoms with Crippen LogP contribution in [0.3, 0.4) is 0 Å². The highest BCUT2D eigenvalue weighted by atomic mass is 14.6. The average molecular weight is 231 g/mol. The summed E-state index contributed by atoms with van der Waals surface area (Å²) in [7, 11) is 0. The Bertz CT molecular complexity index is 354. The Morgan fingerprint density at radius 1 is 1.18 bits per heavy atom. The number of hydrogen-bond donors (Lipinski definition) is 1. The van der Waals surface area contributed by atoms with Crippen molar-refractivity contribution in [1.82, 2.24) is 0 Å². The first kappa shape index (κ1) is 12.6. The van der Waals surface area contributed by atoms with E-state index in [0.29, 0.717) is 5.92 Å². The van der Waals surface area contributed by atoms with Crippen LogP contribution < -0.4 is 5.73 Å². The van der Waals surface area contributed by atoms with Crippen molar-refractivity contribution < 1.29 is 0 Å². The van der Waals surface area contributed by atoms with Gasteiger partial charge in [-0.1, -0.05) is 51.5 Å². The predicted octanol–water partition coefficient (Wildman–Crippen LogP) is 3.83. The molecule has 1 atom stereocenters. The van der Waals surface area contributed by atoms with Crippen LogP contribution in [-0.4, -0.2) is 6.54 Å². The summed E-state index contributed by atoms with van der Waals surface area (Å²) in [5.74, 6) is 1.42. The van der Waals surface area contributed by atoms with E-state index in [1.54, 1.807) is 0 Å². The number of rotatable bonds is 3. The van der Waals surface area contributed by atoms with Crippen molar-refractivity contribution in [2.24, 2.45) is 11.7 Å². The Labute approximate surface area is 105 Å². The third-order valence-electron chi connectivity index (χ3n) is 4.18. The van der Waals surface area contributed by atoms with Gasteiger partial charge in [-0.15, -0.1) is 0 Å². The molecule has 2 rings (SSSR count). The van der Waals surface area contributed by atoms with Crippen LogP contribution in [0.4, 0.5) is 0 Å². The molecular formula is C16H25N. The van der Waals surface area contributed by atoms with Crippen LogP contribution in [-0.2, 0) is 5.41 Å². The Hall–Kier alpha value is -0.820. The van der Waals surface area contributed by atoms with Crippen LogP contribution in [0.2, 0.25) is 0 Å². The molecule has 1 aliphatic rings. The lowest BCUT2D eigenvalue weighted by molar-refractivity contribution is 0.264. The molecule has 0 heterocycles. The van der Waals surface area contributed by atoms with Gasteiger partial charge in [0.05, 0.1) is 0 Å². The van der Waals surface area contributed by atoms with E-state index >= 15 is 0 Å². The third-order valence-corrected chi connectivity index (χ3v) is 4.18. The van der Waals surface area contributed by atoms with Crippen molar-refractivity contribution in [2.75, 3.05) is 6.54 Å². The Kier molecular flexibility index (Phi) is 3.58. The van der Waals surface area contributed by atoms with Gasteiger partial charge < -0.3 is 5.73 Å². The van der Waals surface area contributed by atoms with E-state index in [2.05, 4.69) is 45.0 Å². The van der Waals surface area contributed by atoms with Gasteiger partial charge in [-0.2, -0.15) is 0 Å². The van der Waals surface area contributed by atoms with E-state index in [1.807, 2.05) is 0 Å². The van der Waals surface area contributed by atoms with Crippen LogP contribution in [0.5, 0.6) is 0 Å². The highest BCUT2D eigenvalue weighted by Crippen LogP contribution is 2.39. The highest BCUT2D eigenvalue weighted by molar-refractivity contribution is 5.30. The summed E-state index contributed by atoms with van der Waals surface area (Å²) in [4.78, 5) is 0. The minimum absolute atomic E-state index is 0.243. The minimum Gasteiger partial charge on any atom is -0.330 e. The second kappa shape index (κ2) is 4.81. The molecule has 1 aromatic carbocycles. The molecule has 1 heteroatoms. The fraction of sp³-hybridized carbons (Fsp3) is 0.625. The molecule has 1 saturated carbocycles. The van der Waals surface area contributed by atoms with Crippen LogP contribution in [0, 0.1) is 5.92 Å². The molecule has 0 amide bonds. The zero-order chi connectivity index (χ0) is 12.5. The lowest BCUT2D eigenvalue weighted by Crippen LogP contribution is -2.26. The third kappa shape index (κ3) is 2.71. The quantitative estimate of drug-likeness (QED) is 0.840. The zero-order valence-corrected chi connectivity index (χ0v) is 11.4. The Morgan fingerprint density at radius 2 is 1.76 bits per heavy atom. The van der Waals surface area contributed by atoms with Crippen molar-refractivity contribution in [3.05, 3.63) is 35.4 Å². The first-order valence-corrected chi connectivity index (χ1v) is 6.83. The van der Waals surface area contributed by atoms with Crippen LogP contribution in [0.1, 0.15) is 57.1 Å². The zero-order valence-electron chi connectivity index (χ0n) is 11.4. The van der Waals surface area contributed by atoms with Crippen LogP contribution in [0.15, 0.2) is 24.3 Å².